The molecule has 0 bridgehead atoms. The van der Waals surface area contributed by atoms with Crippen molar-refractivity contribution in [1.82, 2.24) is 9.78 Å². The topological polar surface area (TPSA) is 95.6 Å². The lowest BCUT2D eigenvalue weighted by atomic mass is 10.1. The van der Waals surface area contributed by atoms with Crippen LogP contribution >= 0.6 is 0 Å². The predicted octanol–water partition coefficient (Wildman–Crippen LogP) is 2.09. The Labute approximate surface area is 119 Å². The molecule has 1 heterocycles. The van der Waals surface area contributed by atoms with Gasteiger partial charge in [0.1, 0.15) is 5.82 Å². The molecule has 2 aromatic rings. The molecule has 1 atom stereocenters. The van der Waals surface area contributed by atoms with Crippen LogP contribution in [0.1, 0.15) is 12.8 Å². The highest BCUT2D eigenvalue weighted by Crippen LogP contribution is 2.16. The summed E-state index contributed by atoms with van der Waals surface area (Å²) >= 11 is 0. The molecule has 1 aromatic carbocycles. The fraction of sp³-hybridized carbons (Fsp3) is 0.286. The first kappa shape index (κ1) is 14.5. The van der Waals surface area contributed by atoms with Crippen molar-refractivity contribution in [1.29, 1.82) is 10.5 Å². The van der Waals surface area contributed by atoms with Crippen molar-refractivity contribution >= 4 is 0 Å². The second-order valence-electron chi connectivity index (χ2n) is 4.38. The molecule has 0 fully saturated rings. The van der Waals surface area contributed by atoms with Crippen LogP contribution in [-0.2, 0) is 6.54 Å². The lowest BCUT2D eigenvalue weighted by Gasteiger charge is -2.04. The average molecular weight is 286 g/mol. The van der Waals surface area contributed by atoms with Gasteiger partial charge in [-0.25, -0.2) is 9.18 Å². The lowest BCUT2D eigenvalue weighted by Crippen LogP contribution is -2.20. The number of halogens is 1. The molecule has 21 heavy (non-hydrogen) atoms. The Balaban J connectivity index is 2.20. The molecule has 0 saturated carbocycles. The van der Waals surface area contributed by atoms with E-state index < -0.39 is 17.5 Å². The first-order valence-electron chi connectivity index (χ1n) is 6.24. The molecule has 0 aliphatic carbocycles. The van der Waals surface area contributed by atoms with E-state index >= 15 is 0 Å². The summed E-state index contributed by atoms with van der Waals surface area (Å²) in [6.45, 7) is 0.0573. The first-order valence-corrected chi connectivity index (χ1v) is 6.24. The van der Waals surface area contributed by atoms with Gasteiger partial charge in [-0.05, 0) is 30.7 Å². The Hall–Kier alpha value is -2.93. The van der Waals surface area contributed by atoms with Crippen LogP contribution in [0.3, 0.4) is 0 Å². The lowest BCUT2D eigenvalue weighted by molar-refractivity contribution is 0.430. The van der Waals surface area contributed by atoms with Crippen LogP contribution in [0.25, 0.3) is 11.5 Å². The van der Waals surface area contributed by atoms with Gasteiger partial charge in [-0.2, -0.15) is 15.2 Å². The third kappa shape index (κ3) is 3.54. The second-order valence-corrected chi connectivity index (χ2v) is 4.38. The maximum atomic E-state index is 12.8. The average Bonchev–Trinajstić information content (AvgIpc) is 2.85. The Morgan fingerprint density at radius 3 is 2.67 bits per heavy atom. The van der Waals surface area contributed by atoms with E-state index in [0.717, 1.165) is 4.68 Å². The summed E-state index contributed by atoms with van der Waals surface area (Å²) in [4.78, 5) is 11.7. The van der Waals surface area contributed by atoms with Crippen LogP contribution in [0.5, 0.6) is 0 Å². The monoisotopic (exact) mass is 286 g/mol. The number of rotatable bonds is 5. The van der Waals surface area contributed by atoms with Gasteiger partial charge in [0.15, 0.2) is 0 Å². The van der Waals surface area contributed by atoms with Crippen LogP contribution in [0.2, 0.25) is 0 Å². The highest BCUT2D eigenvalue weighted by Gasteiger charge is 2.15. The van der Waals surface area contributed by atoms with E-state index in [1.165, 1.54) is 24.3 Å². The smallest absolute Gasteiger partial charge is 0.388 e. The van der Waals surface area contributed by atoms with Crippen LogP contribution in [0, 0.1) is 34.4 Å². The van der Waals surface area contributed by atoms with E-state index in [1.54, 1.807) is 0 Å². The normalized spacial score (nSPS) is 11.6. The summed E-state index contributed by atoms with van der Waals surface area (Å²) in [5.74, 6) is -1.52. The first-order chi connectivity index (χ1) is 10.1. The molecule has 7 heteroatoms. The summed E-state index contributed by atoms with van der Waals surface area (Å²) in [7, 11) is 0. The number of hydrogen-bond acceptors (Lipinski definition) is 5. The van der Waals surface area contributed by atoms with Crippen molar-refractivity contribution in [3.63, 3.8) is 0 Å². The SMILES string of the molecule is N#CCC[C@@H](C#N)Cn1nc(-c2ccc(F)cc2)oc1=O. The van der Waals surface area contributed by atoms with Gasteiger partial charge < -0.3 is 4.42 Å². The molecule has 0 saturated heterocycles. The van der Waals surface area contributed by atoms with Crippen LogP contribution in [0.4, 0.5) is 4.39 Å². The Bertz CT molecular complexity index is 749. The molecule has 0 amide bonds. The molecule has 0 unspecified atom stereocenters. The molecule has 0 aliphatic heterocycles. The minimum atomic E-state index is -0.688. The van der Waals surface area contributed by atoms with E-state index in [0.29, 0.717) is 12.0 Å². The molecule has 6 nitrogen and oxygen atoms in total. The van der Waals surface area contributed by atoms with Gasteiger partial charge in [0.25, 0.3) is 0 Å². The molecule has 0 N–H and O–H groups in total. The summed E-state index contributed by atoms with van der Waals surface area (Å²) in [5, 5.41) is 21.5. The Morgan fingerprint density at radius 1 is 1.33 bits per heavy atom. The number of nitrogens with zero attached hydrogens (tertiary/aromatic N) is 4. The van der Waals surface area contributed by atoms with E-state index in [9.17, 15) is 9.18 Å². The van der Waals surface area contributed by atoms with E-state index in [2.05, 4.69) is 5.10 Å². The summed E-state index contributed by atoms with van der Waals surface area (Å²) < 4.78 is 18.9. The summed E-state index contributed by atoms with van der Waals surface area (Å²) in [6, 6.07) is 9.34. The number of nitriles is 2. The summed E-state index contributed by atoms with van der Waals surface area (Å²) in [6.07, 6.45) is 0.591. The van der Waals surface area contributed by atoms with Crippen molar-refractivity contribution < 1.29 is 8.81 Å². The van der Waals surface area contributed by atoms with Crippen molar-refractivity contribution in [3.8, 4) is 23.6 Å². The molecular weight excluding hydrogens is 275 g/mol. The standard InChI is InChI=1S/C14H11FN4O2/c15-12-5-3-11(4-6-12)13-18-19(14(20)21-13)9-10(8-17)2-1-7-16/h3-6,10H,1-2,9H2/t10-/m0/s1. The van der Waals surface area contributed by atoms with Crippen LogP contribution in [0.15, 0.2) is 33.5 Å². The van der Waals surface area contributed by atoms with Crippen molar-refractivity contribution in [2.24, 2.45) is 5.92 Å². The van der Waals surface area contributed by atoms with Gasteiger partial charge in [-0.15, -0.1) is 5.10 Å². The van der Waals surface area contributed by atoms with Crippen molar-refractivity contribution in [2.75, 3.05) is 0 Å². The summed E-state index contributed by atoms with van der Waals surface area (Å²) in [5.41, 5.74) is 0.470. The van der Waals surface area contributed by atoms with E-state index in [1.807, 2.05) is 12.1 Å². The molecular formula is C14H11FN4O2. The molecule has 1 aromatic heterocycles. The van der Waals surface area contributed by atoms with Crippen molar-refractivity contribution in [3.05, 3.63) is 40.6 Å². The Kier molecular flexibility index (Phi) is 4.47. The number of hydrogen-bond donors (Lipinski definition) is 0. The molecule has 106 valence electrons. The van der Waals surface area contributed by atoms with Gasteiger partial charge in [0, 0.05) is 12.0 Å². The molecule has 0 radical (unpaired) electrons. The molecule has 0 spiro atoms. The zero-order chi connectivity index (χ0) is 15.2. The minimum Gasteiger partial charge on any atom is -0.388 e. The maximum Gasteiger partial charge on any atom is 0.437 e. The van der Waals surface area contributed by atoms with Gasteiger partial charge in [0.05, 0.1) is 24.6 Å². The van der Waals surface area contributed by atoms with Gasteiger partial charge in [0.2, 0.25) is 5.89 Å². The number of aromatic nitrogens is 2. The van der Waals surface area contributed by atoms with Crippen LogP contribution < -0.4 is 5.76 Å². The fourth-order valence-electron chi connectivity index (χ4n) is 1.77. The molecule has 0 aliphatic rings. The maximum absolute atomic E-state index is 12.8. The zero-order valence-electron chi connectivity index (χ0n) is 11.0. The van der Waals surface area contributed by atoms with E-state index in [-0.39, 0.29) is 18.9 Å². The number of benzene rings is 1. The largest absolute Gasteiger partial charge is 0.437 e. The fourth-order valence-corrected chi connectivity index (χ4v) is 1.77. The van der Waals surface area contributed by atoms with Crippen molar-refractivity contribution in [2.45, 2.75) is 19.4 Å². The third-order valence-electron chi connectivity index (χ3n) is 2.88. The van der Waals surface area contributed by atoms with Crippen LogP contribution in [-0.4, -0.2) is 9.78 Å². The Morgan fingerprint density at radius 2 is 2.05 bits per heavy atom. The van der Waals surface area contributed by atoms with Gasteiger partial charge in [-0.3, -0.25) is 0 Å². The molecule has 2 rings (SSSR count). The second kappa shape index (κ2) is 6.49. The van der Waals surface area contributed by atoms with Gasteiger partial charge >= 0.3 is 5.76 Å². The quantitative estimate of drug-likeness (QED) is 0.838. The zero-order valence-corrected chi connectivity index (χ0v) is 11.0. The predicted molar refractivity (Wildman–Crippen MR) is 70.1 cm³/mol. The van der Waals surface area contributed by atoms with Gasteiger partial charge in [-0.1, -0.05) is 0 Å². The highest BCUT2D eigenvalue weighted by molar-refractivity contribution is 5.51. The third-order valence-corrected chi connectivity index (χ3v) is 2.88. The minimum absolute atomic E-state index is 0.0573. The van der Waals surface area contributed by atoms with E-state index in [4.69, 9.17) is 14.9 Å². The highest BCUT2D eigenvalue weighted by atomic mass is 19.1.